The molecule has 0 aliphatic carbocycles. The summed E-state index contributed by atoms with van der Waals surface area (Å²) in [5.41, 5.74) is 0.651. The van der Waals surface area contributed by atoms with Crippen LogP contribution in [0.3, 0.4) is 0 Å². The van der Waals surface area contributed by atoms with Crippen molar-refractivity contribution in [3.05, 3.63) is 47.0 Å². The number of sulfone groups is 1. The van der Waals surface area contributed by atoms with Gasteiger partial charge >= 0.3 is 0 Å². The van der Waals surface area contributed by atoms with Gasteiger partial charge in [0.05, 0.1) is 11.9 Å². The van der Waals surface area contributed by atoms with Crippen molar-refractivity contribution >= 4 is 27.3 Å². The van der Waals surface area contributed by atoms with Crippen molar-refractivity contribution in [1.82, 2.24) is 10.2 Å². The highest BCUT2D eigenvalue weighted by Gasteiger charge is 2.17. The number of ether oxygens (including phenoxy) is 1. The van der Waals surface area contributed by atoms with Crippen molar-refractivity contribution in [1.29, 1.82) is 0 Å². The molecule has 0 bridgehead atoms. The van der Waals surface area contributed by atoms with Crippen LogP contribution < -0.4 is 5.32 Å². The molecule has 0 fully saturated rings. The lowest BCUT2D eigenvalue weighted by Gasteiger charge is -2.08. The molecule has 1 N–H and O–H groups in total. The van der Waals surface area contributed by atoms with Gasteiger partial charge in [0.1, 0.15) is 5.82 Å². The molecule has 0 aliphatic heterocycles. The van der Waals surface area contributed by atoms with Crippen LogP contribution >= 0.6 is 11.6 Å². The Balaban J connectivity index is 1.90. The van der Waals surface area contributed by atoms with E-state index < -0.39 is 9.84 Å². The van der Waals surface area contributed by atoms with E-state index in [-0.39, 0.29) is 16.9 Å². The summed E-state index contributed by atoms with van der Waals surface area (Å²) < 4.78 is 30.2. The Bertz CT molecular complexity index is 763. The van der Waals surface area contributed by atoms with Crippen LogP contribution in [-0.4, -0.2) is 37.9 Å². The minimum absolute atomic E-state index is 0.0452. The number of hydrogen-bond acceptors (Lipinski definition) is 6. The van der Waals surface area contributed by atoms with E-state index in [0.29, 0.717) is 29.6 Å². The third-order valence-electron chi connectivity index (χ3n) is 3.31. The third-order valence-corrected chi connectivity index (χ3v) is 5.13. The predicted octanol–water partition coefficient (Wildman–Crippen LogP) is 3.33. The van der Waals surface area contributed by atoms with Crippen molar-refractivity contribution in [3.8, 4) is 0 Å². The lowest BCUT2D eigenvalue weighted by Crippen LogP contribution is -2.12. The molecule has 136 valence electrons. The van der Waals surface area contributed by atoms with Crippen molar-refractivity contribution in [2.24, 2.45) is 0 Å². The summed E-state index contributed by atoms with van der Waals surface area (Å²) in [5, 5.41) is 11.4. The van der Waals surface area contributed by atoms with Gasteiger partial charge < -0.3 is 10.1 Å². The third kappa shape index (κ3) is 6.61. The average molecular weight is 384 g/mol. The molecule has 0 unspecified atom stereocenters. The van der Waals surface area contributed by atoms with E-state index in [1.165, 1.54) is 6.07 Å². The number of aromatic nitrogens is 2. The Morgan fingerprint density at radius 3 is 2.44 bits per heavy atom. The molecular weight excluding hydrogens is 362 g/mol. The van der Waals surface area contributed by atoms with Gasteiger partial charge in [-0.2, -0.15) is 0 Å². The van der Waals surface area contributed by atoms with Crippen LogP contribution in [0.4, 0.5) is 5.82 Å². The molecule has 2 aromatic rings. The first-order valence-electron chi connectivity index (χ1n) is 8.03. The largest absolute Gasteiger partial charge is 0.379 e. The molecule has 8 heteroatoms. The fraction of sp³-hybridized carbons (Fsp3) is 0.412. The summed E-state index contributed by atoms with van der Waals surface area (Å²) in [4.78, 5) is 0. The summed E-state index contributed by atoms with van der Waals surface area (Å²) in [6.07, 6.45) is 1.04. The van der Waals surface area contributed by atoms with Crippen molar-refractivity contribution in [3.63, 3.8) is 0 Å². The van der Waals surface area contributed by atoms with Crippen LogP contribution in [0.5, 0.6) is 0 Å². The standard InChI is InChI=1S/C17H22ClN3O3S/c1-13(2)24-11-3-10-19-16-8-9-17(21-20-16)25(22,23)12-14-4-6-15(18)7-5-14/h4-9,13H,3,10-12H2,1-2H3,(H,19,20). The Hall–Kier alpha value is -1.70. The highest BCUT2D eigenvalue weighted by molar-refractivity contribution is 7.90. The maximum Gasteiger partial charge on any atom is 0.201 e. The van der Waals surface area contributed by atoms with Crippen molar-refractivity contribution in [2.75, 3.05) is 18.5 Å². The van der Waals surface area contributed by atoms with Gasteiger partial charge in [-0.1, -0.05) is 23.7 Å². The number of nitrogens with one attached hydrogen (secondary N) is 1. The second-order valence-electron chi connectivity index (χ2n) is 5.84. The van der Waals surface area contributed by atoms with E-state index in [2.05, 4.69) is 15.5 Å². The molecule has 0 spiro atoms. The molecule has 0 saturated carbocycles. The average Bonchev–Trinajstić information content (AvgIpc) is 2.57. The molecule has 25 heavy (non-hydrogen) atoms. The van der Waals surface area contributed by atoms with Crippen molar-refractivity contribution in [2.45, 2.75) is 37.2 Å². The first-order chi connectivity index (χ1) is 11.9. The lowest BCUT2D eigenvalue weighted by atomic mass is 10.2. The fourth-order valence-electron chi connectivity index (χ4n) is 2.06. The molecule has 1 heterocycles. The van der Waals surface area contributed by atoms with Crippen molar-refractivity contribution < 1.29 is 13.2 Å². The maximum absolute atomic E-state index is 12.4. The zero-order valence-electron chi connectivity index (χ0n) is 14.3. The van der Waals surface area contributed by atoms with Gasteiger partial charge in [-0.05, 0) is 50.1 Å². The minimum Gasteiger partial charge on any atom is -0.379 e. The number of benzene rings is 1. The van der Waals surface area contributed by atoms with E-state index in [4.69, 9.17) is 16.3 Å². The smallest absolute Gasteiger partial charge is 0.201 e. The molecule has 2 rings (SSSR count). The molecule has 0 radical (unpaired) electrons. The van der Waals surface area contributed by atoms with E-state index in [1.54, 1.807) is 30.3 Å². The zero-order valence-corrected chi connectivity index (χ0v) is 15.8. The van der Waals surface area contributed by atoms with Gasteiger partial charge in [0.25, 0.3) is 0 Å². The number of hydrogen-bond donors (Lipinski definition) is 1. The highest BCUT2D eigenvalue weighted by Crippen LogP contribution is 2.17. The van der Waals surface area contributed by atoms with Gasteiger partial charge in [-0.25, -0.2) is 8.42 Å². The summed E-state index contributed by atoms with van der Waals surface area (Å²) in [5.74, 6) is 0.396. The number of halogens is 1. The molecule has 0 atom stereocenters. The molecule has 0 saturated heterocycles. The summed E-state index contributed by atoms with van der Waals surface area (Å²) in [7, 11) is -3.55. The van der Waals surface area contributed by atoms with Gasteiger partial charge in [0.2, 0.25) is 9.84 Å². The Kier molecular flexibility index (Phi) is 7.16. The van der Waals surface area contributed by atoms with E-state index in [1.807, 2.05) is 13.8 Å². The van der Waals surface area contributed by atoms with Crippen LogP contribution in [0.2, 0.25) is 5.02 Å². The highest BCUT2D eigenvalue weighted by atomic mass is 35.5. The molecule has 0 aliphatic rings. The first kappa shape index (κ1) is 19.6. The summed E-state index contributed by atoms with van der Waals surface area (Å²) in [6.45, 7) is 5.31. The van der Waals surface area contributed by atoms with Crippen LogP contribution in [0, 0.1) is 0 Å². The Morgan fingerprint density at radius 2 is 1.84 bits per heavy atom. The normalized spacial score (nSPS) is 11.7. The fourth-order valence-corrected chi connectivity index (χ4v) is 3.41. The second-order valence-corrected chi connectivity index (χ2v) is 8.22. The van der Waals surface area contributed by atoms with E-state index >= 15 is 0 Å². The zero-order chi connectivity index (χ0) is 18.3. The number of rotatable bonds is 9. The number of nitrogens with zero attached hydrogens (tertiary/aromatic N) is 2. The number of anilines is 1. The molecule has 1 aromatic carbocycles. The molecule has 1 aromatic heterocycles. The maximum atomic E-state index is 12.4. The monoisotopic (exact) mass is 383 g/mol. The minimum atomic E-state index is -3.55. The van der Waals surface area contributed by atoms with Gasteiger partial charge in [0, 0.05) is 18.2 Å². The summed E-state index contributed by atoms with van der Waals surface area (Å²) in [6, 6.07) is 9.77. The topological polar surface area (TPSA) is 81.2 Å². The Labute approximate surface area is 153 Å². The van der Waals surface area contributed by atoms with Crippen LogP contribution in [0.25, 0.3) is 0 Å². The first-order valence-corrected chi connectivity index (χ1v) is 10.1. The second kappa shape index (κ2) is 9.12. The molecular formula is C17H22ClN3O3S. The predicted molar refractivity (Wildman–Crippen MR) is 98.6 cm³/mol. The van der Waals surface area contributed by atoms with Crippen LogP contribution in [-0.2, 0) is 20.3 Å². The van der Waals surface area contributed by atoms with E-state index in [0.717, 1.165) is 6.42 Å². The molecule has 6 nitrogen and oxygen atoms in total. The quantitative estimate of drug-likeness (QED) is 0.669. The van der Waals surface area contributed by atoms with Gasteiger partial charge in [-0.3, -0.25) is 0 Å². The van der Waals surface area contributed by atoms with Crippen LogP contribution in [0.1, 0.15) is 25.8 Å². The van der Waals surface area contributed by atoms with Crippen LogP contribution in [0.15, 0.2) is 41.4 Å². The van der Waals surface area contributed by atoms with Gasteiger partial charge in [-0.15, -0.1) is 10.2 Å². The molecule has 0 amide bonds. The summed E-state index contributed by atoms with van der Waals surface area (Å²) >= 11 is 5.81. The van der Waals surface area contributed by atoms with Gasteiger partial charge in [0.15, 0.2) is 5.03 Å². The lowest BCUT2D eigenvalue weighted by molar-refractivity contribution is 0.0787. The Morgan fingerprint density at radius 1 is 1.12 bits per heavy atom. The van der Waals surface area contributed by atoms with E-state index in [9.17, 15) is 8.42 Å². The SMILES string of the molecule is CC(C)OCCCNc1ccc(S(=O)(=O)Cc2ccc(Cl)cc2)nn1.